The van der Waals surface area contributed by atoms with E-state index in [2.05, 4.69) is 18.2 Å². The van der Waals surface area contributed by atoms with Gasteiger partial charge < -0.3 is 0 Å². The molecule has 0 nitrogen and oxygen atoms in total. The van der Waals surface area contributed by atoms with E-state index in [4.69, 9.17) is 0 Å². The number of hydrogen-bond donors (Lipinski definition) is 0. The largest absolute Gasteiger partial charge is 0.0839 e. The molecule has 0 aromatic carbocycles. The van der Waals surface area contributed by atoms with Crippen molar-refractivity contribution in [1.82, 2.24) is 0 Å². The highest BCUT2D eigenvalue weighted by molar-refractivity contribution is 5.21. The van der Waals surface area contributed by atoms with Crippen LogP contribution in [0.15, 0.2) is 23.8 Å². The van der Waals surface area contributed by atoms with E-state index < -0.39 is 0 Å². The molecular weight excluding hydrogens is 132 g/mol. The maximum atomic E-state index is 2.35. The molecule has 1 saturated carbocycles. The van der Waals surface area contributed by atoms with Crippen LogP contribution < -0.4 is 0 Å². The second kappa shape index (κ2) is 3.25. The first-order valence-corrected chi connectivity index (χ1v) is 4.82. The van der Waals surface area contributed by atoms with Crippen LogP contribution in [0.4, 0.5) is 0 Å². The second-order valence-electron chi connectivity index (χ2n) is 3.70. The maximum Gasteiger partial charge on any atom is -0.0165 e. The molecule has 0 bridgehead atoms. The highest BCUT2D eigenvalue weighted by atomic mass is 14.2. The van der Waals surface area contributed by atoms with Gasteiger partial charge in [-0.1, -0.05) is 36.6 Å². The molecule has 0 aromatic heterocycles. The lowest BCUT2D eigenvalue weighted by Crippen LogP contribution is -2.03. The minimum absolute atomic E-state index is 0.919. The minimum Gasteiger partial charge on any atom is -0.0839 e. The number of fused-ring (bicyclic) bond motifs is 1. The third kappa shape index (κ3) is 1.55. The second-order valence-corrected chi connectivity index (χ2v) is 3.70. The summed E-state index contributed by atoms with van der Waals surface area (Å²) in [7, 11) is 0. The molecule has 0 saturated heterocycles. The van der Waals surface area contributed by atoms with E-state index in [-0.39, 0.29) is 0 Å². The first-order chi connectivity index (χ1) is 5.47. The van der Waals surface area contributed by atoms with Crippen molar-refractivity contribution in [3.63, 3.8) is 0 Å². The molecule has 11 heavy (non-hydrogen) atoms. The van der Waals surface area contributed by atoms with Gasteiger partial charge in [0, 0.05) is 0 Å². The average Bonchev–Trinajstić information content (AvgIpc) is 2.28. The Kier molecular flexibility index (Phi) is 2.11. The van der Waals surface area contributed by atoms with Crippen molar-refractivity contribution in [2.75, 3.05) is 0 Å². The first-order valence-electron chi connectivity index (χ1n) is 4.82. The van der Waals surface area contributed by atoms with E-state index in [0.717, 1.165) is 5.92 Å². The fraction of sp³-hybridized carbons (Fsp3) is 0.636. The molecule has 0 aromatic rings. The smallest absolute Gasteiger partial charge is 0.0165 e. The zero-order valence-electron chi connectivity index (χ0n) is 7.05. The Morgan fingerprint density at radius 3 is 3.18 bits per heavy atom. The summed E-state index contributed by atoms with van der Waals surface area (Å²) in [5.74, 6) is 0.919. The molecule has 60 valence electrons. The molecule has 0 heterocycles. The molecule has 1 atom stereocenters. The van der Waals surface area contributed by atoms with E-state index in [1.807, 2.05) is 0 Å². The van der Waals surface area contributed by atoms with Gasteiger partial charge in [0.1, 0.15) is 0 Å². The molecule has 2 aliphatic rings. The van der Waals surface area contributed by atoms with E-state index >= 15 is 0 Å². The summed E-state index contributed by atoms with van der Waals surface area (Å²) in [5, 5.41) is 0. The van der Waals surface area contributed by atoms with Crippen molar-refractivity contribution in [3.05, 3.63) is 23.8 Å². The van der Waals surface area contributed by atoms with Crippen molar-refractivity contribution < 1.29 is 0 Å². The third-order valence-corrected chi connectivity index (χ3v) is 2.91. The Balaban J connectivity index is 2.11. The van der Waals surface area contributed by atoms with Gasteiger partial charge in [-0.05, 0) is 31.6 Å². The Bertz CT molecular complexity index is 186. The Hall–Kier alpha value is -0.520. The van der Waals surface area contributed by atoms with Gasteiger partial charge in [0.15, 0.2) is 0 Å². The molecule has 0 aliphatic heterocycles. The van der Waals surface area contributed by atoms with Crippen molar-refractivity contribution in [1.29, 1.82) is 0 Å². The lowest BCUT2D eigenvalue weighted by atomic mass is 9.88. The van der Waals surface area contributed by atoms with E-state index in [9.17, 15) is 0 Å². The van der Waals surface area contributed by atoms with Crippen LogP contribution in [0.2, 0.25) is 0 Å². The molecule has 0 radical (unpaired) electrons. The van der Waals surface area contributed by atoms with Gasteiger partial charge in [0.05, 0.1) is 0 Å². The van der Waals surface area contributed by atoms with Gasteiger partial charge in [0.2, 0.25) is 0 Å². The number of hydrogen-bond acceptors (Lipinski definition) is 0. The third-order valence-electron chi connectivity index (χ3n) is 2.91. The summed E-state index contributed by atoms with van der Waals surface area (Å²) in [6.07, 6.45) is 15.4. The molecule has 1 fully saturated rings. The lowest BCUT2D eigenvalue weighted by molar-refractivity contribution is 0.551. The van der Waals surface area contributed by atoms with Crippen LogP contribution in [-0.4, -0.2) is 0 Å². The van der Waals surface area contributed by atoms with Crippen LogP contribution in [0.3, 0.4) is 0 Å². The highest BCUT2D eigenvalue weighted by Crippen LogP contribution is 2.32. The molecule has 0 amide bonds. The molecule has 0 heteroatoms. The summed E-state index contributed by atoms with van der Waals surface area (Å²) in [6.45, 7) is 0. The average molecular weight is 148 g/mol. The Morgan fingerprint density at radius 2 is 2.18 bits per heavy atom. The van der Waals surface area contributed by atoms with Gasteiger partial charge in [-0.15, -0.1) is 0 Å². The van der Waals surface area contributed by atoms with E-state index in [0.29, 0.717) is 0 Å². The summed E-state index contributed by atoms with van der Waals surface area (Å²) in [6, 6.07) is 0. The topological polar surface area (TPSA) is 0 Å². The molecule has 0 N–H and O–H groups in total. The van der Waals surface area contributed by atoms with Crippen LogP contribution in [0, 0.1) is 5.92 Å². The zero-order chi connectivity index (χ0) is 7.52. The summed E-state index contributed by atoms with van der Waals surface area (Å²) < 4.78 is 0. The Labute approximate surface area is 69.0 Å². The van der Waals surface area contributed by atoms with Crippen LogP contribution >= 0.6 is 0 Å². The van der Waals surface area contributed by atoms with Crippen molar-refractivity contribution in [2.45, 2.75) is 38.5 Å². The van der Waals surface area contributed by atoms with E-state index in [1.54, 1.807) is 5.57 Å². The molecule has 1 unspecified atom stereocenters. The molecule has 0 spiro atoms. The van der Waals surface area contributed by atoms with Crippen LogP contribution in [0.5, 0.6) is 0 Å². The summed E-state index contributed by atoms with van der Waals surface area (Å²) >= 11 is 0. The van der Waals surface area contributed by atoms with Gasteiger partial charge >= 0.3 is 0 Å². The van der Waals surface area contributed by atoms with Crippen molar-refractivity contribution in [3.8, 4) is 0 Å². The predicted molar refractivity (Wildman–Crippen MR) is 48.4 cm³/mol. The molecule has 2 aliphatic carbocycles. The van der Waals surface area contributed by atoms with Crippen LogP contribution in [-0.2, 0) is 0 Å². The monoisotopic (exact) mass is 148 g/mol. The van der Waals surface area contributed by atoms with E-state index in [1.165, 1.54) is 38.5 Å². The van der Waals surface area contributed by atoms with Gasteiger partial charge in [0.25, 0.3) is 0 Å². The SMILES string of the molecule is C1=CCC2CCCCCC2=C1. The quantitative estimate of drug-likeness (QED) is 0.493. The molecule has 2 rings (SSSR count). The standard InChI is InChI=1S/C11H16/c1-2-6-10-8-4-5-9-11(10)7-3-1/h4-5,8,11H,1-3,6-7,9H2. The van der Waals surface area contributed by atoms with Crippen molar-refractivity contribution in [2.24, 2.45) is 5.92 Å². The van der Waals surface area contributed by atoms with Crippen LogP contribution in [0.25, 0.3) is 0 Å². The Morgan fingerprint density at radius 1 is 1.18 bits per heavy atom. The highest BCUT2D eigenvalue weighted by Gasteiger charge is 2.16. The predicted octanol–water partition coefficient (Wildman–Crippen LogP) is 3.45. The maximum absolute atomic E-state index is 2.35. The van der Waals surface area contributed by atoms with Gasteiger partial charge in [-0.3, -0.25) is 0 Å². The summed E-state index contributed by atoms with van der Waals surface area (Å²) in [4.78, 5) is 0. The number of allylic oxidation sites excluding steroid dienone is 4. The fourth-order valence-corrected chi connectivity index (χ4v) is 2.21. The van der Waals surface area contributed by atoms with Gasteiger partial charge in [-0.2, -0.15) is 0 Å². The van der Waals surface area contributed by atoms with Crippen LogP contribution in [0.1, 0.15) is 38.5 Å². The fourth-order valence-electron chi connectivity index (χ4n) is 2.21. The molecular formula is C11H16. The minimum atomic E-state index is 0.919. The summed E-state index contributed by atoms with van der Waals surface area (Å²) in [5.41, 5.74) is 1.73. The van der Waals surface area contributed by atoms with Gasteiger partial charge in [-0.25, -0.2) is 0 Å². The number of rotatable bonds is 0. The first kappa shape index (κ1) is 7.15. The lowest BCUT2D eigenvalue weighted by Gasteiger charge is -2.18. The zero-order valence-corrected chi connectivity index (χ0v) is 7.05. The normalized spacial score (nSPS) is 30.5. The van der Waals surface area contributed by atoms with Crippen molar-refractivity contribution >= 4 is 0 Å².